The van der Waals surface area contributed by atoms with Crippen LogP contribution < -0.4 is 0 Å². The average Bonchev–Trinajstić information content (AvgIpc) is 2.15. The Hall–Kier alpha value is -0.521. The zero-order chi connectivity index (χ0) is 11.3. The summed E-state index contributed by atoms with van der Waals surface area (Å²) in [6.45, 7) is 0. The largest absolute Gasteiger partial charge is 0.0882 e. The molecule has 0 fully saturated rings. The molecule has 0 radical (unpaired) electrons. The standard InChI is InChI=1S/2C8H12.Fe/c2*1-2-4-6-8-7-5-3-1;/h2*1-2,7-8H,3-6H2;. The van der Waals surface area contributed by atoms with E-state index in [1.807, 2.05) is 0 Å². The minimum Gasteiger partial charge on any atom is -0.0882 e. The third-order valence-electron chi connectivity index (χ3n) is 2.67. The van der Waals surface area contributed by atoms with E-state index >= 15 is 0 Å². The normalized spacial score (nSPS) is 18.8. The summed E-state index contributed by atoms with van der Waals surface area (Å²) in [7, 11) is 0. The molecule has 96 valence electrons. The van der Waals surface area contributed by atoms with E-state index in [4.69, 9.17) is 0 Å². The Morgan fingerprint density at radius 1 is 0.294 bits per heavy atom. The maximum atomic E-state index is 2.27. The summed E-state index contributed by atoms with van der Waals surface area (Å²) >= 11 is 0. The molecule has 0 nitrogen and oxygen atoms in total. The van der Waals surface area contributed by atoms with E-state index in [1.54, 1.807) is 0 Å². The molecule has 0 aromatic carbocycles. The van der Waals surface area contributed by atoms with Crippen molar-refractivity contribution in [3.63, 3.8) is 0 Å². The van der Waals surface area contributed by atoms with Crippen molar-refractivity contribution < 1.29 is 17.1 Å². The first-order chi connectivity index (χ1) is 8.00. The van der Waals surface area contributed by atoms with Gasteiger partial charge in [-0.3, -0.25) is 0 Å². The maximum absolute atomic E-state index is 2.27. The zero-order valence-electron chi connectivity index (χ0n) is 10.6. The molecular formula is C16H24Fe. The van der Waals surface area contributed by atoms with Crippen LogP contribution in [0.25, 0.3) is 0 Å². The summed E-state index contributed by atoms with van der Waals surface area (Å²) in [5, 5.41) is 0. The molecule has 0 saturated carbocycles. The molecule has 2 rings (SSSR count). The van der Waals surface area contributed by atoms with Gasteiger partial charge in [-0.25, -0.2) is 0 Å². The minimum absolute atomic E-state index is 0. The summed E-state index contributed by atoms with van der Waals surface area (Å²) < 4.78 is 0. The number of hydrogen-bond donors (Lipinski definition) is 0. The van der Waals surface area contributed by atoms with Gasteiger partial charge in [0, 0.05) is 17.1 Å². The molecule has 0 aromatic heterocycles. The van der Waals surface area contributed by atoms with Crippen molar-refractivity contribution in [2.75, 3.05) is 0 Å². The summed E-state index contributed by atoms with van der Waals surface area (Å²) in [6, 6.07) is 0. The average molecular weight is 272 g/mol. The summed E-state index contributed by atoms with van der Waals surface area (Å²) in [5.74, 6) is 0. The fraction of sp³-hybridized carbons (Fsp3) is 0.500. The maximum Gasteiger partial charge on any atom is 0 e. The van der Waals surface area contributed by atoms with Gasteiger partial charge < -0.3 is 0 Å². The molecule has 0 aromatic rings. The van der Waals surface area contributed by atoms with Crippen molar-refractivity contribution in [2.45, 2.75) is 51.4 Å². The molecule has 0 amide bonds. The number of allylic oxidation sites excluding steroid dienone is 8. The van der Waals surface area contributed by atoms with Gasteiger partial charge in [0.2, 0.25) is 0 Å². The van der Waals surface area contributed by atoms with Crippen molar-refractivity contribution in [1.29, 1.82) is 0 Å². The van der Waals surface area contributed by atoms with Gasteiger partial charge in [0.25, 0.3) is 0 Å². The van der Waals surface area contributed by atoms with Crippen LogP contribution in [-0.2, 0) is 17.1 Å². The molecule has 0 spiro atoms. The second-order valence-corrected chi connectivity index (χ2v) is 4.20. The van der Waals surface area contributed by atoms with Gasteiger partial charge >= 0.3 is 0 Å². The topological polar surface area (TPSA) is 0 Å². The Balaban J connectivity index is 0.000000284. The minimum atomic E-state index is 0. The third-order valence-corrected chi connectivity index (χ3v) is 2.67. The Morgan fingerprint density at radius 3 is 0.529 bits per heavy atom. The molecule has 0 saturated heterocycles. The Labute approximate surface area is 117 Å². The van der Waals surface area contributed by atoms with Crippen molar-refractivity contribution in [1.82, 2.24) is 0 Å². The van der Waals surface area contributed by atoms with Gasteiger partial charge in [-0.2, -0.15) is 0 Å². The van der Waals surface area contributed by atoms with Crippen molar-refractivity contribution in [2.24, 2.45) is 0 Å². The SMILES string of the molecule is C1=CCCC=CCC1.C1=CCCC=CCC1.[Fe]. The molecule has 1 heteroatoms. The van der Waals surface area contributed by atoms with Crippen LogP contribution in [0.5, 0.6) is 0 Å². The summed E-state index contributed by atoms with van der Waals surface area (Å²) in [6.07, 6.45) is 28.0. The molecule has 0 aliphatic heterocycles. The smallest absolute Gasteiger partial charge is 0 e. The van der Waals surface area contributed by atoms with Crippen LogP contribution in [0, 0.1) is 0 Å². The van der Waals surface area contributed by atoms with E-state index < -0.39 is 0 Å². The monoisotopic (exact) mass is 272 g/mol. The van der Waals surface area contributed by atoms with E-state index in [0.29, 0.717) is 0 Å². The molecule has 0 heterocycles. The predicted octanol–water partition coefficient (Wildman–Crippen LogP) is 5.34. The molecule has 17 heavy (non-hydrogen) atoms. The molecule has 2 aliphatic carbocycles. The summed E-state index contributed by atoms with van der Waals surface area (Å²) in [5.41, 5.74) is 0. The Morgan fingerprint density at radius 2 is 0.412 bits per heavy atom. The first-order valence-electron chi connectivity index (χ1n) is 6.60. The van der Waals surface area contributed by atoms with Gasteiger partial charge in [0.05, 0.1) is 0 Å². The van der Waals surface area contributed by atoms with E-state index in [2.05, 4.69) is 48.6 Å². The van der Waals surface area contributed by atoms with Crippen LogP contribution in [0.2, 0.25) is 0 Å². The van der Waals surface area contributed by atoms with Gasteiger partial charge in [0.15, 0.2) is 0 Å². The molecule has 0 N–H and O–H groups in total. The van der Waals surface area contributed by atoms with Crippen LogP contribution in [0.3, 0.4) is 0 Å². The van der Waals surface area contributed by atoms with Crippen LogP contribution in [0.4, 0.5) is 0 Å². The fourth-order valence-electron chi connectivity index (χ4n) is 1.71. The predicted molar refractivity (Wildman–Crippen MR) is 73.5 cm³/mol. The van der Waals surface area contributed by atoms with Crippen molar-refractivity contribution >= 4 is 0 Å². The molecule has 0 unspecified atom stereocenters. The molecule has 0 atom stereocenters. The van der Waals surface area contributed by atoms with E-state index in [-0.39, 0.29) is 17.1 Å². The van der Waals surface area contributed by atoms with Gasteiger partial charge in [-0.05, 0) is 51.4 Å². The molecule has 0 bridgehead atoms. The number of hydrogen-bond acceptors (Lipinski definition) is 0. The van der Waals surface area contributed by atoms with Gasteiger partial charge in [-0.1, -0.05) is 48.6 Å². The fourth-order valence-corrected chi connectivity index (χ4v) is 1.71. The molecular weight excluding hydrogens is 248 g/mol. The van der Waals surface area contributed by atoms with Crippen LogP contribution in [-0.4, -0.2) is 0 Å². The quantitative estimate of drug-likeness (QED) is 0.412. The first-order valence-corrected chi connectivity index (χ1v) is 6.60. The summed E-state index contributed by atoms with van der Waals surface area (Å²) in [4.78, 5) is 0. The van der Waals surface area contributed by atoms with Crippen LogP contribution >= 0.6 is 0 Å². The Kier molecular flexibility index (Phi) is 13.1. The second kappa shape index (κ2) is 13.5. The van der Waals surface area contributed by atoms with Gasteiger partial charge in [-0.15, -0.1) is 0 Å². The molecule has 2 aliphatic rings. The zero-order valence-corrected chi connectivity index (χ0v) is 11.7. The van der Waals surface area contributed by atoms with E-state index in [0.717, 1.165) is 0 Å². The Bertz CT molecular complexity index is 179. The van der Waals surface area contributed by atoms with Crippen molar-refractivity contribution in [3.8, 4) is 0 Å². The van der Waals surface area contributed by atoms with Crippen molar-refractivity contribution in [3.05, 3.63) is 48.6 Å². The van der Waals surface area contributed by atoms with E-state index in [9.17, 15) is 0 Å². The van der Waals surface area contributed by atoms with E-state index in [1.165, 1.54) is 51.4 Å². The third kappa shape index (κ3) is 11.7. The van der Waals surface area contributed by atoms with Crippen LogP contribution in [0.15, 0.2) is 48.6 Å². The van der Waals surface area contributed by atoms with Crippen LogP contribution in [0.1, 0.15) is 51.4 Å². The number of rotatable bonds is 0. The first kappa shape index (κ1) is 16.5. The van der Waals surface area contributed by atoms with Gasteiger partial charge in [0.1, 0.15) is 0 Å². The second-order valence-electron chi connectivity index (χ2n) is 4.20.